The van der Waals surface area contributed by atoms with Gasteiger partial charge in [0.15, 0.2) is 0 Å². The molecule has 0 spiro atoms. The van der Waals surface area contributed by atoms with Gasteiger partial charge in [0.25, 0.3) is 5.91 Å². The number of piperazine rings is 1. The Morgan fingerprint density at radius 1 is 0.963 bits per heavy atom. The quantitative estimate of drug-likeness (QED) is 0.870. The molecule has 1 N–H and O–H groups in total. The summed E-state index contributed by atoms with van der Waals surface area (Å²) in [6.07, 6.45) is 0. The highest BCUT2D eigenvalue weighted by Gasteiger charge is 2.25. The Balaban J connectivity index is 1.57. The summed E-state index contributed by atoms with van der Waals surface area (Å²) in [5, 5.41) is 3.45. The van der Waals surface area contributed by atoms with Gasteiger partial charge in [0, 0.05) is 55.4 Å². The highest BCUT2D eigenvalue weighted by Crippen LogP contribution is 2.23. The molecule has 1 aliphatic rings. The Bertz CT molecular complexity index is 797. The number of carbonyl (C=O) groups excluding carboxylic acids is 2. The Morgan fingerprint density at radius 3 is 2.11 bits per heavy atom. The number of nitrogens with zero attached hydrogens (tertiary/aromatic N) is 2. The minimum Gasteiger partial charge on any atom is -0.336 e. The lowest BCUT2D eigenvalue weighted by Crippen LogP contribution is -2.49. The van der Waals surface area contributed by atoms with E-state index in [9.17, 15) is 9.59 Å². The van der Waals surface area contributed by atoms with Crippen LogP contribution in [0.4, 0.5) is 5.69 Å². The van der Waals surface area contributed by atoms with Crippen LogP contribution in [0.25, 0.3) is 0 Å². The summed E-state index contributed by atoms with van der Waals surface area (Å²) < 4.78 is 0. The Hall–Kier alpha value is -2.37. The van der Waals surface area contributed by atoms with Crippen molar-refractivity contribution in [2.75, 3.05) is 31.5 Å². The predicted molar refractivity (Wildman–Crippen MR) is 108 cm³/mol. The third-order valence-corrected chi connectivity index (χ3v) is 5.21. The van der Waals surface area contributed by atoms with E-state index >= 15 is 0 Å². The first-order valence-corrected chi connectivity index (χ1v) is 9.48. The van der Waals surface area contributed by atoms with Crippen LogP contribution in [-0.2, 0) is 4.79 Å². The molecule has 1 atom stereocenters. The number of amides is 2. The summed E-state index contributed by atoms with van der Waals surface area (Å²) in [6.45, 7) is 6.71. The minimum atomic E-state index is -0.125. The Kier molecular flexibility index (Phi) is 6.14. The Labute approximate surface area is 164 Å². The molecule has 2 aromatic rings. The zero-order valence-corrected chi connectivity index (χ0v) is 16.4. The average molecular weight is 386 g/mol. The van der Waals surface area contributed by atoms with Crippen molar-refractivity contribution in [1.29, 1.82) is 0 Å². The first-order valence-electron chi connectivity index (χ1n) is 9.10. The largest absolute Gasteiger partial charge is 0.336 e. The maximum atomic E-state index is 12.7. The van der Waals surface area contributed by atoms with Crippen molar-refractivity contribution in [3.63, 3.8) is 0 Å². The molecule has 0 bridgehead atoms. The normalized spacial score (nSPS) is 16.0. The monoisotopic (exact) mass is 385 g/mol. The summed E-state index contributed by atoms with van der Waals surface area (Å²) >= 11 is 5.97. The number of anilines is 1. The van der Waals surface area contributed by atoms with Crippen molar-refractivity contribution >= 4 is 29.1 Å². The van der Waals surface area contributed by atoms with Crippen LogP contribution in [0, 0.1) is 0 Å². The van der Waals surface area contributed by atoms with Crippen molar-refractivity contribution in [2.45, 2.75) is 19.9 Å². The van der Waals surface area contributed by atoms with Crippen LogP contribution in [-0.4, -0.2) is 47.8 Å². The fourth-order valence-corrected chi connectivity index (χ4v) is 3.47. The third-order valence-electron chi connectivity index (χ3n) is 4.95. The molecule has 3 rings (SSSR count). The van der Waals surface area contributed by atoms with Crippen LogP contribution < -0.4 is 5.32 Å². The van der Waals surface area contributed by atoms with E-state index in [1.54, 1.807) is 24.3 Å². The van der Waals surface area contributed by atoms with E-state index in [1.807, 2.05) is 17.0 Å². The number of hydrogen-bond donors (Lipinski definition) is 1. The number of benzene rings is 2. The van der Waals surface area contributed by atoms with E-state index in [-0.39, 0.29) is 17.9 Å². The number of rotatable bonds is 4. The van der Waals surface area contributed by atoms with E-state index < -0.39 is 0 Å². The Morgan fingerprint density at radius 2 is 1.56 bits per heavy atom. The highest BCUT2D eigenvalue weighted by molar-refractivity contribution is 6.30. The van der Waals surface area contributed by atoms with E-state index in [0.29, 0.717) is 24.3 Å². The summed E-state index contributed by atoms with van der Waals surface area (Å²) in [4.78, 5) is 28.1. The van der Waals surface area contributed by atoms with Crippen molar-refractivity contribution in [2.24, 2.45) is 0 Å². The lowest BCUT2D eigenvalue weighted by atomic mass is 10.1. The summed E-state index contributed by atoms with van der Waals surface area (Å²) in [5.74, 6) is -0.0943. The molecule has 27 heavy (non-hydrogen) atoms. The lowest BCUT2D eigenvalue weighted by molar-refractivity contribution is -0.114. The highest BCUT2D eigenvalue weighted by atomic mass is 35.5. The van der Waals surface area contributed by atoms with Crippen molar-refractivity contribution in [3.8, 4) is 0 Å². The molecule has 0 saturated carbocycles. The fraction of sp³-hybridized carbons (Fsp3) is 0.333. The van der Waals surface area contributed by atoms with Crippen LogP contribution in [0.5, 0.6) is 0 Å². The van der Waals surface area contributed by atoms with Gasteiger partial charge in [-0.15, -0.1) is 0 Å². The first-order chi connectivity index (χ1) is 12.9. The maximum Gasteiger partial charge on any atom is 0.253 e. The molecule has 0 aromatic heterocycles. The average Bonchev–Trinajstić information content (AvgIpc) is 2.68. The van der Waals surface area contributed by atoms with Crippen LogP contribution in [0.15, 0.2) is 48.5 Å². The molecule has 1 aliphatic heterocycles. The summed E-state index contributed by atoms with van der Waals surface area (Å²) in [5.41, 5.74) is 2.57. The third kappa shape index (κ3) is 4.87. The summed E-state index contributed by atoms with van der Waals surface area (Å²) in [7, 11) is 0. The molecular weight excluding hydrogens is 362 g/mol. The van der Waals surface area contributed by atoms with Crippen LogP contribution >= 0.6 is 11.6 Å². The molecule has 0 aliphatic carbocycles. The molecule has 1 unspecified atom stereocenters. The smallest absolute Gasteiger partial charge is 0.253 e. The maximum absolute atomic E-state index is 12.7. The first kappa shape index (κ1) is 19.4. The van der Waals surface area contributed by atoms with E-state index in [2.05, 4.69) is 29.3 Å². The van der Waals surface area contributed by atoms with Gasteiger partial charge < -0.3 is 10.2 Å². The zero-order chi connectivity index (χ0) is 19.4. The second-order valence-corrected chi connectivity index (χ2v) is 7.25. The number of carbonyl (C=O) groups is 2. The van der Waals surface area contributed by atoms with Gasteiger partial charge in [0.2, 0.25) is 5.91 Å². The zero-order valence-electron chi connectivity index (χ0n) is 15.6. The van der Waals surface area contributed by atoms with Crippen molar-refractivity contribution < 1.29 is 9.59 Å². The van der Waals surface area contributed by atoms with Gasteiger partial charge in [-0.1, -0.05) is 23.7 Å². The molecule has 0 radical (unpaired) electrons. The fourth-order valence-electron chi connectivity index (χ4n) is 3.35. The molecule has 1 saturated heterocycles. The van der Waals surface area contributed by atoms with Gasteiger partial charge >= 0.3 is 0 Å². The molecule has 6 heteroatoms. The lowest BCUT2D eigenvalue weighted by Gasteiger charge is -2.38. The summed E-state index contributed by atoms with van der Waals surface area (Å²) in [6, 6.07) is 15.3. The van der Waals surface area contributed by atoms with Gasteiger partial charge in [-0.25, -0.2) is 0 Å². The SMILES string of the molecule is CC(=O)Nc1ccc(C(=O)N2CCN(C(C)c3ccc(Cl)cc3)CC2)cc1. The molecule has 2 aromatic carbocycles. The molecule has 1 fully saturated rings. The van der Waals surface area contributed by atoms with Crippen LogP contribution in [0.2, 0.25) is 5.02 Å². The van der Waals surface area contributed by atoms with E-state index in [4.69, 9.17) is 11.6 Å². The van der Waals surface area contributed by atoms with Crippen LogP contribution in [0.1, 0.15) is 35.8 Å². The number of hydrogen-bond acceptors (Lipinski definition) is 3. The molecule has 2 amide bonds. The standard InChI is InChI=1S/C21H24ClN3O2/c1-15(17-3-7-19(22)8-4-17)24-11-13-25(14-12-24)21(27)18-5-9-20(10-6-18)23-16(2)26/h3-10,15H,11-14H2,1-2H3,(H,23,26). The van der Waals surface area contributed by atoms with Gasteiger partial charge in [0.05, 0.1) is 0 Å². The predicted octanol–water partition coefficient (Wildman–Crippen LogP) is 3.82. The van der Waals surface area contributed by atoms with E-state index in [1.165, 1.54) is 12.5 Å². The number of halogens is 1. The second-order valence-electron chi connectivity index (χ2n) is 6.81. The van der Waals surface area contributed by atoms with Gasteiger partial charge in [-0.05, 0) is 48.9 Å². The van der Waals surface area contributed by atoms with Crippen LogP contribution in [0.3, 0.4) is 0 Å². The van der Waals surface area contributed by atoms with E-state index in [0.717, 1.165) is 18.1 Å². The topological polar surface area (TPSA) is 52.7 Å². The van der Waals surface area contributed by atoms with Crippen molar-refractivity contribution in [1.82, 2.24) is 9.80 Å². The molecule has 142 valence electrons. The van der Waals surface area contributed by atoms with Gasteiger partial charge in [0.1, 0.15) is 0 Å². The van der Waals surface area contributed by atoms with Gasteiger partial charge in [-0.2, -0.15) is 0 Å². The molecule has 1 heterocycles. The number of nitrogens with one attached hydrogen (secondary N) is 1. The molecule has 5 nitrogen and oxygen atoms in total. The minimum absolute atomic E-state index is 0.0307. The second kappa shape index (κ2) is 8.55. The van der Waals surface area contributed by atoms with Gasteiger partial charge in [-0.3, -0.25) is 14.5 Å². The van der Waals surface area contributed by atoms with Crippen molar-refractivity contribution in [3.05, 3.63) is 64.7 Å². The molecular formula is C21H24ClN3O2.